The van der Waals surface area contributed by atoms with Crippen LogP contribution in [0.15, 0.2) is 6.07 Å². The van der Waals surface area contributed by atoms with Crippen LogP contribution >= 0.6 is 11.8 Å². The summed E-state index contributed by atoms with van der Waals surface area (Å²) in [6.45, 7) is 0.0619. The minimum atomic E-state index is 0.0619. The van der Waals surface area contributed by atoms with Crippen molar-refractivity contribution < 1.29 is 5.11 Å². The lowest BCUT2D eigenvalue weighted by atomic mass is 10.0. The molecule has 1 aromatic heterocycles. The Morgan fingerprint density at radius 3 is 3.23 bits per heavy atom. The third-order valence-electron chi connectivity index (χ3n) is 2.38. The molecule has 2 heterocycles. The zero-order valence-electron chi connectivity index (χ0n) is 7.49. The molecule has 0 radical (unpaired) electrons. The predicted octanol–water partition coefficient (Wildman–Crippen LogP) is 1.20. The van der Waals surface area contributed by atoms with Crippen molar-refractivity contribution >= 4 is 11.8 Å². The molecule has 1 saturated heterocycles. The third-order valence-corrected chi connectivity index (χ3v) is 3.61. The van der Waals surface area contributed by atoms with Crippen molar-refractivity contribution in [3.05, 3.63) is 17.5 Å². The molecule has 0 amide bonds. The van der Waals surface area contributed by atoms with E-state index in [1.807, 2.05) is 17.8 Å². The summed E-state index contributed by atoms with van der Waals surface area (Å²) in [5, 5.41) is 15.8. The molecule has 0 aliphatic carbocycles. The lowest BCUT2D eigenvalue weighted by Gasteiger charge is -2.03. The number of aromatic amines is 1. The molecule has 0 bridgehead atoms. The molecule has 1 atom stereocenters. The second-order valence-corrected chi connectivity index (χ2v) is 4.63. The maximum absolute atomic E-state index is 8.84. The molecule has 1 fully saturated rings. The van der Waals surface area contributed by atoms with Crippen LogP contribution in [0.1, 0.15) is 17.8 Å². The van der Waals surface area contributed by atoms with Gasteiger partial charge in [-0.2, -0.15) is 16.9 Å². The molecular weight excluding hydrogens is 184 g/mol. The summed E-state index contributed by atoms with van der Waals surface area (Å²) in [5.74, 6) is 3.35. The molecule has 0 spiro atoms. The summed E-state index contributed by atoms with van der Waals surface area (Å²) in [7, 11) is 0. The van der Waals surface area contributed by atoms with Crippen LogP contribution in [0.3, 0.4) is 0 Å². The van der Waals surface area contributed by atoms with Crippen molar-refractivity contribution in [2.24, 2.45) is 5.92 Å². The fourth-order valence-corrected chi connectivity index (χ4v) is 2.92. The predicted molar refractivity (Wildman–Crippen MR) is 53.6 cm³/mol. The van der Waals surface area contributed by atoms with Crippen molar-refractivity contribution in [1.29, 1.82) is 0 Å². The van der Waals surface area contributed by atoms with Gasteiger partial charge < -0.3 is 5.11 Å². The van der Waals surface area contributed by atoms with E-state index in [1.54, 1.807) is 0 Å². The zero-order valence-corrected chi connectivity index (χ0v) is 8.31. The maximum atomic E-state index is 8.84. The second-order valence-electron chi connectivity index (χ2n) is 3.48. The summed E-state index contributed by atoms with van der Waals surface area (Å²) >= 11 is 2.03. The highest BCUT2D eigenvalue weighted by molar-refractivity contribution is 7.99. The summed E-state index contributed by atoms with van der Waals surface area (Å²) in [4.78, 5) is 0. The molecule has 2 rings (SSSR count). The quantitative estimate of drug-likeness (QED) is 0.767. The first-order valence-corrected chi connectivity index (χ1v) is 5.75. The number of H-pyrrole nitrogens is 1. The summed E-state index contributed by atoms with van der Waals surface area (Å²) in [6, 6.07) is 1.96. The monoisotopic (exact) mass is 198 g/mol. The van der Waals surface area contributed by atoms with Gasteiger partial charge in [-0.25, -0.2) is 0 Å². The van der Waals surface area contributed by atoms with Crippen LogP contribution < -0.4 is 0 Å². The standard InChI is InChI=1S/C9H14N2OS/c12-5-9-4-8(10-11-9)3-7-1-2-13-6-7/h4,7,12H,1-3,5-6H2,(H,10,11). The van der Waals surface area contributed by atoms with Gasteiger partial charge in [0.25, 0.3) is 0 Å². The van der Waals surface area contributed by atoms with Gasteiger partial charge in [0.05, 0.1) is 18.0 Å². The summed E-state index contributed by atoms with van der Waals surface area (Å²) < 4.78 is 0. The molecule has 3 nitrogen and oxygen atoms in total. The Kier molecular flexibility index (Phi) is 2.90. The molecule has 4 heteroatoms. The molecule has 72 valence electrons. The van der Waals surface area contributed by atoms with Crippen LogP contribution in [0, 0.1) is 5.92 Å². The Balaban J connectivity index is 1.92. The van der Waals surface area contributed by atoms with E-state index in [9.17, 15) is 0 Å². The van der Waals surface area contributed by atoms with E-state index in [1.165, 1.54) is 17.9 Å². The first-order valence-electron chi connectivity index (χ1n) is 4.60. The molecule has 13 heavy (non-hydrogen) atoms. The van der Waals surface area contributed by atoms with Crippen molar-refractivity contribution in [2.45, 2.75) is 19.4 Å². The van der Waals surface area contributed by atoms with E-state index < -0.39 is 0 Å². The van der Waals surface area contributed by atoms with Gasteiger partial charge in [0.2, 0.25) is 0 Å². The Labute approximate surface area is 81.9 Å². The average Bonchev–Trinajstić information content (AvgIpc) is 2.76. The highest BCUT2D eigenvalue weighted by Crippen LogP contribution is 2.26. The highest BCUT2D eigenvalue weighted by atomic mass is 32.2. The van der Waals surface area contributed by atoms with Crippen LogP contribution in [-0.2, 0) is 13.0 Å². The Hall–Kier alpha value is -0.480. The Morgan fingerprint density at radius 1 is 1.69 bits per heavy atom. The number of hydrogen-bond acceptors (Lipinski definition) is 3. The number of aliphatic hydroxyl groups excluding tert-OH is 1. The molecule has 0 aromatic carbocycles. The number of nitrogens with zero attached hydrogens (tertiary/aromatic N) is 1. The highest BCUT2D eigenvalue weighted by Gasteiger charge is 2.16. The van der Waals surface area contributed by atoms with E-state index in [-0.39, 0.29) is 6.61 Å². The van der Waals surface area contributed by atoms with Gasteiger partial charge in [0.15, 0.2) is 0 Å². The maximum Gasteiger partial charge on any atom is 0.0847 e. The van der Waals surface area contributed by atoms with Crippen molar-refractivity contribution in [3.8, 4) is 0 Å². The van der Waals surface area contributed by atoms with Crippen molar-refractivity contribution in [3.63, 3.8) is 0 Å². The fourth-order valence-electron chi connectivity index (χ4n) is 1.63. The Bertz CT molecular complexity index is 268. The van der Waals surface area contributed by atoms with Gasteiger partial charge in [0, 0.05) is 0 Å². The van der Waals surface area contributed by atoms with Gasteiger partial charge in [-0.15, -0.1) is 0 Å². The van der Waals surface area contributed by atoms with Crippen LogP contribution in [-0.4, -0.2) is 26.8 Å². The van der Waals surface area contributed by atoms with E-state index >= 15 is 0 Å². The average molecular weight is 198 g/mol. The van der Waals surface area contributed by atoms with Gasteiger partial charge in [-0.1, -0.05) is 0 Å². The minimum absolute atomic E-state index is 0.0619. The Morgan fingerprint density at radius 2 is 2.62 bits per heavy atom. The first-order chi connectivity index (χ1) is 6.38. The van der Waals surface area contributed by atoms with Crippen LogP contribution in [0.2, 0.25) is 0 Å². The molecule has 0 saturated carbocycles. The van der Waals surface area contributed by atoms with Crippen molar-refractivity contribution in [2.75, 3.05) is 11.5 Å². The topological polar surface area (TPSA) is 48.9 Å². The molecule has 2 N–H and O–H groups in total. The number of thioether (sulfide) groups is 1. The van der Waals surface area contributed by atoms with Gasteiger partial charge in [-0.05, 0) is 36.3 Å². The van der Waals surface area contributed by atoms with E-state index in [4.69, 9.17) is 5.11 Å². The molecule has 1 aliphatic rings. The van der Waals surface area contributed by atoms with Gasteiger partial charge in [-0.3, -0.25) is 5.10 Å². The number of rotatable bonds is 3. The SMILES string of the molecule is OCc1cc(CC2CCSC2)n[nH]1. The first kappa shape index (κ1) is 9.09. The van der Waals surface area contributed by atoms with Crippen molar-refractivity contribution in [1.82, 2.24) is 10.2 Å². The van der Waals surface area contributed by atoms with Gasteiger partial charge in [0.1, 0.15) is 0 Å². The number of nitrogens with one attached hydrogen (secondary N) is 1. The largest absolute Gasteiger partial charge is 0.390 e. The van der Waals surface area contributed by atoms with Crippen LogP contribution in [0.5, 0.6) is 0 Å². The lowest BCUT2D eigenvalue weighted by molar-refractivity contribution is 0.276. The zero-order chi connectivity index (χ0) is 9.10. The smallest absolute Gasteiger partial charge is 0.0847 e. The van der Waals surface area contributed by atoms with E-state index in [0.717, 1.165) is 23.7 Å². The van der Waals surface area contributed by atoms with E-state index in [2.05, 4.69) is 10.2 Å². The lowest BCUT2D eigenvalue weighted by Crippen LogP contribution is -2.02. The second kappa shape index (κ2) is 4.15. The number of hydrogen-bond donors (Lipinski definition) is 2. The minimum Gasteiger partial charge on any atom is -0.390 e. The van der Waals surface area contributed by atoms with Gasteiger partial charge >= 0.3 is 0 Å². The summed E-state index contributed by atoms with van der Waals surface area (Å²) in [5.41, 5.74) is 1.91. The molecule has 1 aromatic rings. The third kappa shape index (κ3) is 2.25. The molecule has 1 unspecified atom stereocenters. The normalized spacial score (nSPS) is 22.4. The summed E-state index contributed by atoms with van der Waals surface area (Å²) in [6.07, 6.45) is 2.37. The van der Waals surface area contributed by atoms with Crippen LogP contribution in [0.25, 0.3) is 0 Å². The van der Waals surface area contributed by atoms with Crippen LogP contribution in [0.4, 0.5) is 0 Å². The molecule has 1 aliphatic heterocycles. The number of aliphatic hydroxyl groups is 1. The number of aromatic nitrogens is 2. The molecular formula is C9H14N2OS. The van der Waals surface area contributed by atoms with E-state index in [0.29, 0.717) is 0 Å². The fraction of sp³-hybridized carbons (Fsp3) is 0.667.